The smallest absolute Gasteiger partial charge is 0.227 e. The molecule has 1 aromatic heterocycles. The third kappa shape index (κ3) is 2.47. The van der Waals surface area contributed by atoms with Gasteiger partial charge in [0.2, 0.25) is 5.91 Å². The molecule has 0 atom stereocenters. The van der Waals surface area contributed by atoms with Crippen molar-refractivity contribution < 1.29 is 9.21 Å². The molecule has 20 heavy (non-hydrogen) atoms. The SMILES string of the molecule is CNCc1ccc(CN2C(=O)CCc3ccccc32)o1. The number of nitrogens with zero attached hydrogens (tertiary/aromatic N) is 1. The van der Waals surface area contributed by atoms with E-state index in [0.717, 1.165) is 23.6 Å². The van der Waals surface area contributed by atoms with Crippen LogP contribution in [0.15, 0.2) is 40.8 Å². The van der Waals surface area contributed by atoms with Crippen LogP contribution in [0.25, 0.3) is 0 Å². The summed E-state index contributed by atoms with van der Waals surface area (Å²) in [5.74, 6) is 1.87. The zero-order chi connectivity index (χ0) is 13.9. The number of hydrogen-bond acceptors (Lipinski definition) is 3. The summed E-state index contributed by atoms with van der Waals surface area (Å²) < 4.78 is 5.73. The normalized spacial score (nSPS) is 14.4. The fourth-order valence-corrected chi connectivity index (χ4v) is 2.60. The Labute approximate surface area is 118 Å². The lowest BCUT2D eigenvalue weighted by molar-refractivity contribution is -0.119. The van der Waals surface area contributed by atoms with Gasteiger partial charge in [-0.05, 0) is 37.2 Å². The number of furan rings is 1. The molecule has 104 valence electrons. The molecule has 0 saturated heterocycles. The standard InChI is InChI=1S/C16H18N2O2/c1-17-10-13-7-8-14(20-13)11-18-15-5-3-2-4-12(15)6-9-16(18)19/h2-5,7-8,17H,6,9-11H2,1H3. The van der Waals surface area contributed by atoms with Gasteiger partial charge in [-0.25, -0.2) is 0 Å². The van der Waals surface area contributed by atoms with Gasteiger partial charge in [-0.3, -0.25) is 4.79 Å². The average Bonchev–Trinajstić information content (AvgIpc) is 2.90. The summed E-state index contributed by atoms with van der Waals surface area (Å²) in [6.45, 7) is 1.20. The van der Waals surface area contributed by atoms with E-state index in [-0.39, 0.29) is 5.91 Å². The number of hydrogen-bond donors (Lipinski definition) is 1. The summed E-state index contributed by atoms with van der Waals surface area (Å²) in [6, 6.07) is 12.0. The molecule has 2 aromatic rings. The third-order valence-corrected chi connectivity index (χ3v) is 3.57. The number of amides is 1. The number of benzene rings is 1. The van der Waals surface area contributed by atoms with Crippen molar-refractivity contribution in [3.63, 3.8) is 0 Å². The van der Waals surface area contributed by atoms with Gasteiger partial charge < -0.3 is 14.6 Å². The summed E-state index contributed by atoms with van der Waals surface area (Å²) in [5.41, 5.74) is 2.24. The van der Waals surface area contributed by atoms with Gasteiger partial charge in [0.05, 0.1) is 13.1 Å². The molecule has 3 rings (SSSR count). The molecule has 4 nitrogen and oxygen atoms in total. The van der Waals surface area contributed by atoms with Crippen LogP contribution in [0.3, 0.4) is 0 Å². The molecule has 1 aromatic carbocycles. The van der Waals surface area contributed by atoms with E-state index in [0.29, 0.717) is 19.5 Å². The van der Waals surface area contributed by atoms with Crippen LogP contribution in [0.1, 0.15) is 23.5 Å². The molecule has 0 radical (unpaired) electrons. The van der Waals surface area contributed by atoms with Crippen LogP contribution < -0.4 is 10.2 Å². The number of carbonyl (C=O) groups excluding carboxylic acids is 1. The van der Waals surface area contributed by atoms with Crippen LogP contribution in [-0.4, -0.2) is 13.0 Å². The summed E-state index contributed by atoms with van der Waals surface area (Å²) in [5, 5.41) is 3.05. The van der Waals surface area contributed by atoms with Crippen LogP contribution in [0.5, 0.6) is 0 Å². The van der Waals surface area contributed by atoms with Crippen LogP contribution in [-0.2, 0) is 24.3 Å². The summed E-state index contributed by atoms with van der Waals surface area (Å²) in [7, 11) is 1.88. The van der Waals surface area contributed by atoms with E-state index in [9.17, 15) is 4.79 Å². The summed E-state index contributed by atoms with van der Waals surface area (Å²) >= 11 is 0. The van der Waals surface area contributed by atoms with Crippen molar-refractivity contribution in [3.8, 4) is 0 Å². The minimum atomic E-state index is 0.162. The fourth-order valence-electron chi connectivity index (χ4n) is 2.60. The fraction of sp³-hybridized carbons (Fsp3) is 0.312. The van der Waals surface area contributed by atoms with Crippen LogP contribution in [0.4, 0.5) is 5.69 Å². The maximum atomic E-state index is 12.2. The van der Waals surface area contributed by atoms with E-state index in [2.05, 4.69) is 11.4 Å². The lowest BCUT2D eigenvalue weighted by Crippen LogP contribution is -2.34. The first-order valence-electron chi connectivity index (χ1n) is 6.88. The maximum absolute atomic E-state index is 12.2. The Balaban J connectivity index is 1.83. The second-order valence-corrected chi connectivity index (χ2v) is 5.01. The first-order chi connectivity index (χ1) is 9.78. The number of carbonyl (C=O) groups is 1. The highest BCUT2D eigenvalue weighted by Crippen LogP contribution is 2.29. The molecule has 0 saturated carbocycles. The van der Waals surface area contributed by atoms with Crippen molar-refractivity contribution in [3.05, 3.63) is 53.5 Å². The molecule has 1 aliphatic heterocycles. The zero-order valence-electron chi connectivity index (χ0n) is 11.6. The Morgan fingerprint density at radius 2 is 1.95 bits per heavy atom. The molecule has 2 heterocycles. The molecule has 0 bridgehead atoms. The summed E-state index contributed by atoms with van der Waals surface area (Å²) in [6.07, 6.45) is 1.40. The van der Waals surface area contributed by atoms with E-state index in [4.69, 9.17) is 4.42 Å². The van der Waals surface area contributed by atoms with Crippen molar-refractivity contribution in [1.29, 1.82) is 0 Å². The molecule has 1 N–H and O–H groups in total. The van der Waals surface area contributed by atoms with Crippen LogP contribution in [0, 0.1) is 0 Å². The minimum Gasteiger partial charge on any atom is -0.463 e. The van der Waals surface area contributed by atoms with E-state index in [1.807, 2.05) is 42.3 Å². The Kier molecular flexibility index (Phi) is 3.56. The number of aryl methyl sites for hydroxylation is 1. The Hall–Kier alpha value is -2.07. The van der Waals surface area contributed by atoms with Gasteiger partial charge >= 0.3 is 0 Å². The van der Waals surface area contributed by atoms with Crippen molar-refractivity contribution >= 4 is 11.6 Å². The number of nitrogens with one attached hydrogen (secondary N) is 1. The highest BCUT2D eigenvalue weighted by atomic mass is 16.3. The molecule has 4 heteroatoms. The van der Waals surface area contributed by atoms with E-state index >= 15 is 0 Å². The number of fused-ring (bicyclic) bond motifs is 1. The molecule has 1 amide bonds. The van der Waals surface area contributed by atoms with Gasteiger partial charge in [0.1, 0.15) is 11.5 Å². The highest BCUT2D eigenvalue weighted by Gasteiger charge is 2.24. The first-order valence-corrected chi connectivity index (χ1v) is 6.88. The van der Waals surface area contributed by atoms with E-state index in [1.165, 1.54) is 5.56 Å². The molecular formula is C16H18N2O2. The van der Waals surface area contributed by atoms with Crippen molar-refractivity contribution in [2.24, 2.45) is 0 Å². The van der Waals surface area contributed by atoms with Crippen molar-refractivity contribution in [2.45, 2.75) is 25.9 Å². The Morgan fingerprint density at radius 1 is 1.15 bits per heavy atom. The molecule has 0 aliphatic carbocycles. The van der Waals surface area contributed by atoms with Gasteiger partial charge in [0, 0.05) is 12.1 Å². The quantitative estimate of drug-likeness (QED) is 0.928. The number of anilines is 1. The Morgan fingerprint density at radius 3 is 2.80 bits per heavy atom. The zero-order valence-corrected chi connectivity index (χ0v) is 11.6. The Bertz CT molecular complexity index is 618. The predicted molar refractivity (Wildman–Crippen MR) is 77.4 cm³/mol. The second-order valence-electron chi connectivity index (χ2n) is 5.01. The third-order valence-electron chi connectivity index (χ3n) is 3.57. The van der Waals surface area contributed by atoms with E-state index in [1.54, 1.807) is 0 Å². The van der Waals surface area contributed by atoms with E-state index < -0.39 is 0 Å². The maximum Gasteiger partial charge on any atom is 0.227 e. The summed E-state index contributed by atoms with van der Waals surface area (Å²) in [4.78, 5) is 14.0. The molecule has 0 spiro atoms. The van der Waals surface area contributed by atoms with Crippen molar-refractivity contribution in [2.75, 3.05) is 11.9 Å². The highest BCUT2D eigenvalue weighted by molar-refractivity contribution is 5.96. The number of rotatable bonds is 4. The van der Waals surface area contributed by atoms with Gasteiger partial charge in [0.25, 0.3) is 0 Å². The largest absolute Gasteiger partial charge is 0.463 e. The molecular weight excluding hydrogens is 252 g/mol. The lowest BCUT2D eigenvalue weighted by Gasteiger charge is -2.28. The van der Waals surface area contributed by atoms with Crippen LogP contribution >= 0.6 is 0 Å². The lowest BCUT2D eigenvalue weighted by atomic mass is 10.0. The van der Waals surface area contributed by atoms with Crippen molar-refractivity contribution in [1.82, 2.24) is 5.32 Å². The first kappa shape index (κ1) is 12.9. The average molecular weight is 270 g/mol. The van der Waals surface area contributed by atoms with Gasteiger partial charge in [0.15, 0.2) is 0 Å². The number of para-hydroxylation sites is 1. The van der Waals surface area contributed by atoms with Gasteiger partial charge in [-0.1, -0.05) is 18.2 Å². The molecule has 1 aliphatic rings. The van der Waals surface area contributed by atoms with Gasteiger partial charge in [-0.2, -0.15) is 0 Å². The molecule has 0 fully saturated rings. The van der Waals surface area contributed by atoms with Crippen LogP contribution in [0.2, 0.25) is 0 Å². The topological polar surface area (TPSA) is 45.5 Å². The van der Waals surface area contributed by atoms with Gasteiger partial charge in [-0.15, -0.1) is 0 Å². The second kappa shape index (κ2) is 5.51. The predicted octanol–water partition coefficient (Wildman–Crippen LogP) is 2.48. The molecule has 0 unspecified atom stereocenters. The monoisotopic (exact) mass is 270 g/mol. The minimum absolute atomic E-state index is 0.162.